The Hall–Kier alpha value is -1.47. The average Bonchev–Trinajstić information content (AvgIpc) is 3.10. The summed E-state index contributed by atoms with van der Waals surface area (Å²) in [5, 5.41) is 14.1. The Morgan fingerprint density at radius 1 is 1.28 bits per heavy atom. The molecule has 1 aromatic rings. The van der Waals surface area contributed by atoms with Crippen LogP contribution < -0.4 is 5.32 Å². The lowest BCUT2D eigenvalue weighted by Gasteiger charge is -2.35. The van der Waals surface area contributed by atoms with Crippen LogP contribution in [-0.2, 0) is 4.79 Å². The van der Waals surface area contributed by atoms with Crippen molar-refractivity contribution in [2.45, 2.75) is 58.6 Å². The maximum atomic E-state index is 13.0. The third kappa shape index (κ3) is 3.72. The first-order valence-electron chi connectivity index (χ1n) is 8.98. The molecule has 0 unspecified atom stereocenters. The lowest BCUT2D eigenvalue weighted by atomic mass is 9.77. The van der Waals surface area contributed by atoms with Crippen molar-refractivity contribution >= 4 is 23.2 Å². The molecule has 1 aliphatic carbocycles. The van der Waals surface area contributed by atoms with Crippen LogP contribution in [0.3, 0.4) is 0 Å². The maximum Gasteiger partial charge on any atom is 0.265 e. The van der Waals surface area contributed by atoms with Crippen molar-refractivity contribution in [1.29, 1.82) is 0 Å². The normalized spacial score (nSPS) is 29.0. The summed E-state index contributed by atoms with van der Waals surface area (Å²) in [5.41, 5.74) is 0.810. The van der Waals surface area contributed by atoms with Crippen LogP contribution in [0, 0.1) is 18.8 Å². The Kier molecular flexibility index (Phi) is 5.16. The highest BCUT2D eigenvalue weighted by Gasteiger charge is 2.43. The summed E-state index contributed by atoms with van der Waals surface area (Å²) in [7, 11) is 0. The second-order valence-electron chi connectivity index (χ2n) is 7.70. The number of rotatable bonds is 3. The highest BCUT2D eigenvalue weighted by atomic mass is 32.1. The maximum absolute atomic E-state index is 13.0. The van der Waals surface area contributed by atoms with Crippen molar-refractivity contribution in [3.05, 3.63) is 15.6 Å². The Morgan fingerprint density at radius 2 is 1.92 bits per heavy atom. The fourth-order valence-electron chi connectivity index (χ4n) is 4.02. The molecule has 2 N–H and O–H groups in total. The third-order valence-corrected chi connectivity index (χ3v) is 6.76. The predicted octanol–water partition coefficient (Wildman–Crippen LogP) is 1.92. The third-order valence-electron chi connectivity index (χ3n) is 5.32. The second kappa shape index (κ2) is 7.03. The van der Waals surface area contributed by atoms with E-state index in [4.69, 9.17) is 0 Å². The number of fused-ring (bicyclic) bond motifs is 1. The number of thiazole rings is 1. The van der Waals surface area contributed by atoms with E-state index >= 15 is 0 Å². The lowest BCUT2D eigenvalue weighted by molar-refractivity contribution is -0.121. The van der Waals surface area contributed by atoms with Gasteiger partial charge in [-0.1, -0.05) is 13.8 Å². The molecule has 0 aromatic carbocycles. The largest absolute Gasteiger partial charge is 0.391 e. The lowest BCUT2D eigenvalue weighted by Crippen LogP contribution is -2.48. The molecule has 3 rings (SSSR count). The van der Waals surface area contributed by atoms with Gasteiger partial charge in [-0.05, 0) is 31.6 Å². The number of carbonyl (C=O) groups excluding carboxylic acids is 2. The van der Waals surface area contributed by atoms with E-state index in [1.54, 1.807) is 0 Å². The summed E-state index contributed by atoms with van der Waals surface area (Å²) in [6, 6.07) is -0.202. The van der Waals surface area contributed by atoms with Gasteiger partial charge in [0.2, 0.25) is 5.91 Å². The highest BCUT2D eigenvalue weighted by molar-refractivity contribution is 7.13. The summed E-state index contributed by atoms with van der Waals surface area (Å²) in [6.07, 6.45) is 0.838. The minimum atomic E-state index is -0.530. The van der Waals surface area contributed by atoms with Gasteiger partial charge in [0.15, 0.2) is 0 Å². The van der Waals surface area contributed by atoms with E-state index in [1.807, 2.05) is 11.8 Å². The molecule has 2 amide bonds. The van der Waals surface area contributed by atoms with Crippen LogP contribution in [0.15, 0.2) is 0 Å². The molecule has 4 atom stereocenters. The fourth-order valence-corrected chi connectivity index (χ4v) is 5.06. The topological polar surface area (TPSA) is 82.5 Å². The summed E-state index contributed by atoms with van der Waals surface area (Å²) >= 11 is 1.50. The molecule has 138 valence electrons. The highest BCUT2D eigenvalue weighted by Crippen LogP contribution is 2.38. The van der Waals surface area contributed by atoms with E-state index in [1.165, 1.54) is 18.3 Å². The van der Waals surface area contributed by atoms with Gasteiger partial charge in [0.1, 0.15) is 4.88 Å². The second-order valence-corrected chi connectivity index (χ2v) is 8.73. The molecule has 1 aromatic heterocycles. The molecule has 2 aliphatic rings. The van der Waals surface area contributed by atoms with Crippen LogP contribution in [0.4, 0.5) is 0 Å². The SMILES string of the molecule is CC(=O)N[C@@H]1C[C@@H]2CN(C(=O)c3sc(C(C)C)nc3C)C[C@@H]2C[C@H]1O. The molecule has 1 saturated carbocycles. The number of hydrogen-bond donors (Lipinski definition) is 2. The van der Waals surface area contributed by atoms with E-state index in [-0.39, 0.29) is 17.9 Å². The number of aryl methyl sites for hydroxylation is 1. The quantitative estimate of drug-likeness (QED) is 0.857. The zero-order valence-corrected chi connectivity index (χ0v) is 16.1. The molecule has 0 radical (unpaired) electrons. The Bertz CT molecular complexity index is 673. The fraction of sp³-hybridized carbons (Fsp3) is 0.722. The standard InChI is InChI=1S/C18H27N3O3S/c1-9(2)17-19-10(3)16(25-17)18(24)21-7-12-5-14(20-11(4)22)15(23)6-13(12)8-21/h9,12-15,23H,5-8H2,1-4H3,(H,20,22)/t12-,13+,14-,15-/m1/s1. The van der Waals surface area contributed by atoms with E-state index in [0.717, 1.165) is 22.0 Å². The van der Waals surface area contributed by atoms with Crippen molar-refractivity contribution in [3.8, 4) is 0 Å². The van der Waals surface area contributed by atoms with Crippen molar-refractivity contribution in [2.75, 3.05) is 13.1 Å². The predicted molar refractivity (Wildman–Crippen MR) is 96.7 cm³/mol. The number of amides is 2. The number of hydrogen-bond acceptors (Lipinski definition) is 5. The van der Waals surface area contributed by atoms with Crippen LogP contribution in [-0.4, -0.2) is 52.0 Å². The minimum Gasteiger partial charge on any atom is -0.391 e. The van der Waals surface area contributed by atoms with Crippen LogP contribution >= 0.6 is 11.3 Å². The van der Waals surface area contributed by atoms with Gasteiger partial charge in [-0.2, -0.15) is 0 Å². The Labute approximate surface area is 152 Å². The monoisotopic (exact) mass is 365 g/mol. The zero-order chi connectivity index (χ0) is 18.3. The number of aliphatic hydroxyl groups excluding tert-OH is 1. The first-order valence-corrected chi connectivity index (χ1v) is 9.79. The van der Waals surface area contributed by atoms with Crippen molar-refractivity contribution in [2.24, 2.45) is 11.8 Å². The van der Waals surface area contributed by atoms with Crippen molar-refractivity contribution < 1.29 is 14.7 Å². The summed E-state index contributed by atoms with van der Waals surface area (Å²) in [5.74, 6) is 0.903. The molecule has 0 bridgehead atoms. The van der Waals surface area contributed by atoms with Crippen molar-refractivity contribution in [1.82, 2.24) is 15.2 Å². The van der Waals surface area contributed by atoms with Crippen LogP contribution in [0.1, 0.15) is 59.9 Å². The van der Waals surface area contributed by atoms with Crippen LogP contribution in [0.25, 0.3) is 0 Å². The van der Waals surface area contributed by atoms with Gasteiger partial charge in [0, 0.05) is 25.9 Å². The first-order chi connectivity index (χ1) is 11.8. The number of nitrogens with zero attached hydrogens (tertiary/aromatic N) is 2. The van der Waals surface area contributed by atoms with Gasteiger partial charge in [-0.25, -0.2) is 4.98 Å². The molecule has 7 heteroatoms. The minimum absolute atomic E-state index is 0.0573. The summed E-state index contributed by atoms with van der Waals surface area (Å²) in [4.78, 5) is 31.4. The first kappa shape index (κ1) is 18.3. The van der Waals surface area contributed by atoms with E-state index in [2.05, 4.69) is 24.1 Å². The molecule has 1 saturated heterocycles. The number of carbonyl (C=O) groups is 2. The average molecular weight is 365 g/mol. The van der Waals surface area contributed by atoms with Crippen LogP contribution in [0.5, 0.6) is 0 Å². The van der Waals surface area contributed by atoms with E-state index in [9.17, 15) is 14.7 Å². The zero-order valence-electron chi connectivity index (χ0n) is 15.3. The van der Waals surface area contributed by atoms with Gasteiger partial charge in [0.25, 0.3) is 5.91 Å². The number of likely N-dealkylation sites (tertiary alicyclic amines) is 1. The van der Waals surface area contributed by atoms with Gasteiger partial charge in [-0.3, -0.25) is 9.59 Å². The van der Waals surface area contributed by atoms with Crippen LogP contribution in [0.2, 0.25) is 0 Å². The molecule has 2 fully saturated rings. The molecule has 25 heavy (non-hydrogen) atoms. The molecular formula is C18H27N3O3S. The number of aromatic nitrogens is 1. The molecule has 0 spiro atoms. The van der Waals surface area contributed by atoms with Gasteiger partial charge in [-0.15, -0.1) is 11.3 Å². The van der Waals surface area contributed by atoms with E-state index < -0.39 is 6.10 Å². The molecule has 1 aliphatic heterocycles. The summed E-state index contributed by atoms with van der Waals surface area (Å²) < 4.78 is 0. The molecule has 2 heterocycles. The Morgan fingerprint density at radius 3 is 2.48 bits per heavy atom. The number of aliphatic hydroxyl groups is 1. The smallest absolute Gasteiger partial charge is 0.265 e. The van der Waals surface area contributed by atoms with E-state index in [0.29, 0.717) is 37.3 Å². The van der Waals surface area contributed by atoms with Crippen molar-refractivity contribution in [3.63, 3.8) is 0 Å². The van der Waals surface area contributed by atoms with Gasteiger partial charge in [0.05, 0.1) is 22.8 Å². The molecular weight excluding hydrogens is 338 g/mol. The van der Waals surface area contributed by atoms with Gasteiger partial charge >= 0.3 is 0 Å². The molecule has 6 nitrogen and oxygen atoms in total. The van der Waals surface area contributed by atoms with Gasteiger partial charge < -0.3 is 15.3 Å². The number of nitrogens with one attached hydrogen (secondary N) is 1. The summed E-state index contributed by atoms with van der Waals surface area (Å²) in [6.45, 7) is 8.92. The Balaban J connectivity index is 1.70.